The summed E-state index contributed by atoms with van der Waals surface area (Å²) < 4.78 is 7.17. The van der Waals surface area contributed by atoms with Crippen molar-refractivity contribution in [2.24, 2.45) is 0 Å². The van der Waals surface area contributed by atoms with Crippen LogP contribution in [0.2, 0.25) is 0 Å². The Kier molecular flexibility index (Phi) is 5.58. The fourth-order valence-electron chi connectivity index (χ4n) is 2.56. The van der Waals surface area contributed by atoms with E-state index in [4.69, 9.17) is 9.72 Å². The summed E-state index contributed by atoms with van der Waals surface area (Å²) in [6.07, 6.45) is 1.90. The van der Waals surface area contributed by atoms with Gasteiger partial charge in [-0.3, -0.25) is 0 Å². The molecular formula is C17H22BrNOS. The van der Waals surface area contributed by atoms with Gasteiger partial charge in [0.1, 0.15) is 10.6 Å². The monoisotopic (exact) mass is 367 g/mol. The third-order valence-corrected chi connectivity index (χ3v) is 5.55. The molecule has 2 nitrogen and oxygen atoms in total. The highest BCUT2D eigenvalue weighted by molar-refractivity contribution is 9.10. The van der Waals surface area contributed by atoms with Crippen LogP contribution < -0.4 is 0 Å². The molecule has 0 bridgehead atoms. The minimum atomic E-state index is -0.238. The Hall–Kier alpha value is -0.710. The molecule has 1 aromatic carbocycles. The van der Waals surface area contributed by atoms with E-state index in [1.807, 2.05) is 0 Å². The van der Waals surface area contributed by atoms with Gasteiger partial charge in [0.05, 0.1) is 5.69 Å². The highest BCUT2D eigenvalue weighted by Gasteiger charge is 2.33. The highest BCUT2D eigenvalue weighted by Crippen LogP contribution is 2.39. The second kappa shape index (κ2) is 7.03. The number of thiazole rings is 1. The zero-order valence-corrected chi connectivity index (χ0v) is 15.5. The number of hydrogen-bond acceptors (Lipinski definition) is 3. The topological polar surface area (TPSA) is 22.1 Å². The number of benzene rings is 1. The lowest BCUT2D eigenvalue weighted by Crippen LogP contribution is -2.28. The summed E-state index contributed by atoms with van der Waals surface area (Å²) in [5, 5.41) is 1.10. The Morgan fingerprint density at radius 3 is 2.29 bits per heavy atom. The van der Waals surface area contributed by atoms with Crippen molar-refractivity contribution in [1.29, 1.82) is 0 Å². The van der Waals surface area contributed by atoms with Crippen LogP contribution in [0.25, 0.3) is 11.3 Å². The summed E-state index contributed by atoms with van der Waals surface area (Å²) in [5.41, 5.74) is 2.00. The molecule has 21 heavy (non-hydrogen) atoms. The molecule has 1 aromatic heterocycles. The van der Waals surface area contributed by atoms with E-state index in [0.717, 1.165) is 33.6 Å². The van der Waals surface area contributed by atoms with Crippen LogP contribution in [0, 0.1) is 6.92 Å². The van der Waals surface area contributed by atoms with E-state index >= 15 is 0 Å². The number of aryl methyl sites for hydroxylation is 1. The standard InChI is InChI=1S/C17H22BrNOS/c1-5-17(6-2,20-7-3)16-19-15(12(4)21-16)13-8-10-14(18)11-9-13/h8-11H,5-7H2,1-4H3. The fourth-order valence-corrected chi connectivity index (χ4v) is 4.05. The molecular weight excluding hydrogens is 346 g/mol. The molecule has 0 atom stereocenters. The van der Waals surface area contributed by atoms with Gasteiger partial charge in [0.2, 0.25) is 0 Å². The summed E-state index contributed by atoms with van der Waals surface area (Å²) in [4.78, 5) is 6.17. The number of hydrogen-bond donors (Lipinski definition) is 0. The number of halogens is 1. The maximum Gasteiger partial charge on any atom is 0.126 e. The van der Waals surface area contributed by atoms with Crippen molar-refractivity contribution >= 4 is 27.3 Å². The molecule has 0 amide bonds. The van der Waals surface area contributed by atoms with E-state index < -0.39 is 0 Å². The Bertz CT molecular complexity index is 587. The van der Waals surface area contributed by atoms with E-state index in [9.17, 15) is 0 Å². The van der Waals surface area contributed by atoms with Crippen molar-refractivity contribution < 1.29 is 4.74 Å². The van der Waals surface area contributed by atoms with E-state index in [1.54, 1.807) is 11.3 Å². The number of rotatable bonds is 6. The molecule has 0 radical (unpaired) electrons. The van der Waals surface area contributed by atoms with Gasteiger partial charge in [0.15, 0.2) is 0 Å². The van der Waals surface area contributed by atoms with Gasteiger partial charge in [-0.15, -0.1) is 11.3 Å². The largest absolute Gasteiger partial charge is 0.368 e. The maximum absolute atomic E-state index is 6.08. The van der Waals surface area contributed by atoms with E-state index in [0.29, 0.717) is 6.61 Å². The minimum absolute atomic E-state index is 0.238. The number of nitrogens with zero attached hydrogens (tertiary/aromatic N) is 1. The smallest absolute Gasteiger partial charge is 0.126 e. The lowest BCUT2D eigenvalue weighted by Gasteiger charge is -2.29. The van der Waals surface area contributed by atoms with Gasteiger partial charge >= 0.3 is 0 Å². The molecule has 0 aliphatic heterocycles. The second-order valence-electron chi connectivity index (χ2n) is 5.07. The van der Waals surface area contributed by atoms with Gasteiger partial charge < -0.3 is 4.74 Å². The summed E-state index contributed by atoms with van der Waals surface area (Å²) in [6, 6.07) is 8.33. The Morgan fingerprint density at radius 1 is 1.14 bits per heavy atom. The van der Waals surface area contributed by atoms with Crippen molar-refractivity contribution in [3.8, 4) is 11.3 Å². The molecule has 0 fully saturated rings. The Balaban J connectivity index is 2.44. The van der Waals surface area contributed by atoms with Crippen molar-refractivity contribution in [2.75, 3.05) is 6.61 Å². The quantitative estimate of drug-likeness (QED) is 0.630. The van der Waals surface area contributed by atoms with Crippen molar-refractivity contribution in [3.63, 3.8) is 0 Å². The number of ether oxygens (including phenoxy) is 1. The Labute approximate surface area is 139 Å². The van der Waals surface area contributed by atoms with Gasteiger partial charge in [0, 0.05) is 21.5 Å². The first-order valence-electron chi connectivity index (χ1n) is 7.44. The van der Waals surface area contributed by atoms with Crippen molar-refractivity contribution in [1.82, 2.24) is 4.98 Å². The molecule has 0 saturated carbocycles. The van der Waals surface area contributed by atoms with Crippen LogP contribution in [-0.4, -0.2) is 11.6 Å². The molecule has 2 rings (SSSR count). The summed E-state index contributed by atoms with van der Waals surface area (Å²) in [7, 11) is 0. The summed E-state index contributed by atoms with van der Waals surface area (Å²) >= 11 is 5.24. The summed E-state index contributed by atoms with van der Waals surface area (Å²) in [5.74, 6) is 0. The zero-order chi connectivity index (χ0) is 15.5. The molecule has 0 unspecified atom stereocenters. The minimum Gasteiger partial charge on any atom is -0.368 e. The van der Waals surface area contributed by atoms with Crippen LogP contribution in [0.3, 0.4) is 0 Å². The van der Waals surface area contributed by atoms with Crippen LogP contribution in [0.4, 0.5) is 0 Å². The van der Waals surface area contributed by atoms with Gasteiger partial charge in [-0.2, -0.15) is 0 Å². The van der Waals surface area contributed by atoms with Crippen LogP contribution in [-0.2, 0) is 10.3 Å². The predicted octanol–water partition coefficient (Wildman–Crippen LogP) is 5.93. The van der Waals surface area contributed by atoms with Gasteiger partial charge in [0.25, 0.3) is 0 Å². The third-order valence-electron chi connectivity index (χ3n) is 3.87. The average Bonchev–Trinajstić information content (AvgIpc) is 2.88. The van der Waals surface area contributed by atoms with Crippen molar-refractivity contribution in [2.45, 2.75) is 46.1 Å². The first kappa shape index (κ1) is 16.7. The Morgan fingerprint density at radius 2 is 1.76 bits per heavy atom. The average molecular weight is 368 g/mol. The van der Waals surface area contributed by atoms with Crippen LogP contribution in [0.1, 0.15) is 43.5 Å². The highest BCUT2D eigenvalue weighted by atomic mass is 79.9. The third kappa shape index (κ3) is 3.38. The molecule has 1 heterocycles. The second-order valence-corrected chi connectivity index (χ2v) is 7.18. The molecule has 0 aliphatic carbocycles. The first-order chi connectivity index (χ1) is 10.1. The normalized spacial score (nSPS) is 11.9. The predicted molar refractivity (Wildman–Crippen MR) is 93.9 cm³/mol. The fraction of sp³-hybridized carbons (Fsp3) is 0.471. The number of aromatic nitrogens is 1. The molecule has 0 spiro atoms. The van der Waals surface area contributed by atoms with Crippen LogP contribution in [0.5, 0.6) is 0 Å². The van der Waals surface area contributed by atoms with Gasteiger partial charge in [-0.25, -0.2) is 4.98 Å². The zero-order valence-electron chi connectivity index (χ0n) is 13.1. The van der Waals surface area contributed by atoms with Crippen LogP contribution in [0.15, 0.2) is 28.7 Å². The van der Waals surface area contributed by atoms with E-state index in [2.05, 4.69) is 67.9 Å². The van der Waals surface area contributed by atoms with Crippen molar-refractivity contribution in [3.05, 3.63) is 38.6 Å². The molecule has 114 valence electrons. The van der Waals surface area contributed by atoms with Gasteiger partial charge in [-0.05, 0) is 38.8 Å². The summed E-state index contributed by atoms with van der Waals surface area (Å²) in [6.45, 7) is 9.26. The molecule has 0 aliphatic rings. The van der Waals surface area contributed by atoms with Gasteiger partial charge in [-0.1, -0.05) is 41.9 Å². The molecule has 0 saturated heterocycles. The van der Waals surface area contributed by atoms with E-state index in [1.165, 1.54) is 4.88 Å². The maximum atomic E-state index is 6.08. The lowest BCUT2D eigenvalue weighted by atomic mass is 9.98. The molecule has 4 heteroatoms. The van der Waals surface area contributed by atoms with Crippen LogP contribution >= 0.6 is 27.3 Å². The lowest BCUT2D eigenvalue weighted by molar-refractivity contribution is -0.0505. The van der Waals surface area contributed by atoms with E-state index in [-0.39, 0.29) is 5.60 Å². The SMILES string of the molecule is CCOC(CC)(CC)c1nc(-c2ccc(Br)cc2)c(C)s1. The molecule has 0 N–H and O–H groups in total. The molecule has 2 aromatic rings. The first-order valence-corrected chi connectivity index (χ1v) is 9.05.